The van der Waals surface area contributed by atoms with E-state index in [0.29, 0.717) is 6.42 Å². The lowest BCUT2D eigenvalue weighted by Crippen LogP contribution is -2.06. The summed E-state index contributed by atoms with van der Waals surface area (Å²) in [5.74, 6) is 0. The largest absolute Gasteiger partial charge is 0.389 e. The van der Waals surface area contributed by atoms with Gasteiger partial charge in [0.05, 0.1) is 0 Å². The second-order valence-electron chi connectivity index (χ2n) is 8.77. The van der Waals surface area contributed by atoms with Crippen LogP contribution in [0, 0.1) is 0 Å². The number of benzene rings is 1. The van der Waals surface area contributed by atoms with Crippen LogP contribution >= 0.6 is 0 Å². The van der Waals surface area contributed by atoms with Crippen LogP contribution in [0.4, 0.5) is 13.2 Å². The van der Waals surface area contributed by atoms with Crippen molar-refractivity contribution in [2.75, 3.05) is 6.54 Å². The van der Waals surface area contributed by atoms with Crippen LogP contribution in [0.3, 0.4) is 0 Å². The number of alkyl halides is 3. The average Bonchev–Trinajstić information content (AvgIpc) is 2.71. The number of aryl methyl sites for hydroxylation is 2. The lowest BCUT2D eigenvalue weighted by molar-refractivity contribution is -0.135. The zero-order chi connectivity index (χ0) is 21.9. The van der Waals surface area contributed by atoms with E-state index in [4.69, 9.17) is 5.73 Å². The van der Waals surface area contributed by atoms with E-state index in [1.54, 1.807) is 0 Å². The van der Waals surface area contributed by atoms with Crippen molar-refractivity contribution in [2.45, 2.75) is 122 Å². The molecule has 2 N–H and O–H groups in total. The van der Waals surface area contributed by atoms with Crippen LogP contribution in [-0.4, -0.2) is 12.7 Å². The molecular formula is C26H44F3N. The molecule has 0 atom stereocenters. The van der Waals surface area contributed by atoms with Gasteiger partial charge in [0.15, 0.2) is 0 Å². The van der Waals surface area contributed by atoms with E-state index in [2.05, 4.69) is 24.3 Å². The molecule has 0 aliphatic carbocycles. The highest BCUT2D eigenvalue weighted by Gasteiger charge is 2.25. The second-order valence-corrected chi connectivity index (χ2v) is 8.77. The first-order chi connectivity index (χ1) is 14.5. The Morgan fingerprint density at radius 2 is 0.833 bits per heavy atom. The molecule has 1 nitrogen and oxygen atoms in total. The molecule has 0 bridgehead atoms. The van der Waals surface area contributed by atoms with Gasteiger partial charge in [-0.25, -0.2) is 0 Å². The highest BCUT2D eigenvalue weighted by atomic mass is 19.4. The Hall–Kier alpha value is -1.03. The zero-order valence-corrected chi connectivity index (χ0v) is 19.0. The van der Waals surface area contributed by atoms with Crippen LogP contribution in [0.15, 0.2) is 24.3 Å². The van der Waals surface area contributed by atoms with Gasteiger partial charge in [0, 0.05) is 6.42 Å². The predicted octanol–water partition coefficient (Wildman–Crippen LogP) is 8.53. The predicted molar refractivity (Wildman–Crippen MR) is 123 cm³/mol. The Labute approximate surface area is 183 Å². The first-order valence-corrected chi connectivity index (χ1v) is 12.4. The molecule has 0 aliphatic rings. The molecule has 0 saturated heterocycles. The fourth-order valence-corrected chi connectivity index (χ4v) is 3.95. The van der Waals surface area contributed by atoms with Crippen molar-refractivity contribution < 1.29 is 13.2 Å². The van der Waals surface area contributed by atoms with E-state index in [1.165, 1.54) is 81.8 Å². The normalized spacial score (nSPS) is 11.9. The summed E-state index contributed by atoms with van der Waals surface area (Å²) in [4.78, 5) is 0. The van der Waals surface area contributed by atoms with E-state index < -0.39 is 12.6 Å². The highest BCUT2D eigenvalue weighted by Crippen LogP contribution is 2.23. The van der Waals surface area contributed by atoms with Gasteiger partial charge in [0.2, 0.25) is 0 Å². The molecule has 0 heterocycles. The molecule has 1 aromatic carbocycles. The van der Waals surface area contributed by atoms with Gasteiger partial charge in [-0.15, -0.1) is 0 Å². The van der Waals surface area contributed by atoms with Gasteiger partial charge < -0.3 is 5.73 Å². The maximum atomic E-state index is 12.1. The van der Waals surface area contributed by atoms with Gasteiger partial charge in [0.1, 0.15) is 0 Å². The van der Waals surface area contributed by atoms with Crippen molar-refractivity contribution in [3.05, 3.63) is 35.4 Å². The summed E-state index contributed by atoms with van der Waals surface area (Å²) in [6.07, 6.45) is 14.6. The molecule has 0 amide bonds. The average molecular weight is 428 g/mol. The summed E-state index contributed by atoms with van der Waals surface area (Å²) < 4.78 is 36.2. The molecule has 0 spiro atoms. The molecule has 0 aliphatic heterocycles. The highest BCUT2D eigenvalue weighted by molar-refractivity contribution is 5.22. The minimum atomic E-state index is -3.99. The van der Waals surface area contributed by atoms with Crippen LogP contribution in [0.25, 0.3) is 0 Å². The molecule has 174 valence electrons. The van der Waals surface area contributed by atoms with Crippen molar-refractivity contribution in [2.24, 2.45) is 5.73 Å². The topological polar surface area (TPSA) is 26.0 Å². The molecule has 1 aromatic rings. The molecule has 0 aromatic heterocycles. The minimum absolute atomic E-state index is 0.283. The Kier molecular flexibility index (Phi) is 15.9. The summed E-state index contributed by atoms with van der Waals surface area (Å²) in [6.45, 7) is 0.829. The summed E-state index contributed by atoms with van der Waals surface area (Å²) in [7, 11) is 0. The second kappa shape index (κ2) is 17.6. The number of unbranched alkanes of at least 4 members (excludes halogenated alkanes) is 13. The molecule has 30 heavy (non-hydrogen) atoms. The summed E-state index contributed by atoms with van der Waals surface area (Å²) in [6, 6.07) is 9.10. The summed E-state index contributed by atoms with van der Waals surface area (Å²) >= 11 is 0. The standard InChI is InChI=1S/C26H44F3N/c27-26(28,29)22-14-10-6-3-5-9-13-17-25-20-18-24(19-21-25)16-12-8-4-1-2-7-11-15-23-30/h18-21H,1-17,22-23,30H2. The van der Waals surface area contributed by atoms with Crippen molar-refractivity contribution >= 4 is 0 Å². The van der Waals surface area contributed by atoms with Gasteiger partial charge in [-0.3, -0.25) is 0 Å². The minimum Gasteiger partial charge on any atom is -0.330 e. The number of rotatable bonds is 19. The Morgan fingerprint density at radius 1 is 0.500 bits per heavy atom. The molecule has 0 radical (unpaired) electrons. The molecule has 0 unspecified atom stereocenters. The van der Waals surface area contributed by atoms with Gasteiger partial charge in [-0.2, -0.15) is 13.2 Å². The van der Waals surface area contributed by atoms with Gasteiger partial charge in [-0.1, -0.05) is 94.9 Å². The SMILES string of the molecule is NCCCCCCCCCCc1ccc(CCCCCCCCCC(F)(F)F)cc1. The quantitative estimate of drug-likeness (QED) is 0.220. The van der Waals surface area contributed by atoms with Crippen molar-refractivity contribution in [3.8, 4) is 0 Å². The lowest BCUT2D eigenvalue weighted by atomic mass is 10.0. The fourth-order valence-electron chi connectivity index (χ4n) is 3.95. The van der Waals surface area contributed by atoms with E-state index >= 15 is 0 Å². The van der Waals surface area contributed by atoms with Crippen LogP contribution in [0.2, 0.25) is 0 Å². The monoisotopic (exact) mass is 427 g/mol. The number of hydrogen-bond acceptors (Lipinski definition) is 1. The summed E-state index contributed by atoms with van der Waals surface area (Å²) in [5, 5.41) is 0. The first-order valence-electron chi connectivity index (χ1n) is 12.4. The first kappa shape index (κ1) is 27.0. The Morgan fingerprint density at radius 3 is 1.20 bits per heavy atom. The lowest BCUT2D eigenvalue weighted by Gasteiger charge is -2.06. The molecule has 4 heteroatoms. The van der Waals surface area contributed by atoms with Gasteiger partial charge in [-0.05, 0) is 56.2 Å². The third-order valence-electron chi connectivity index (χ3n) is 5.87. The van der Waals surface area contributed by atoms with Crippen molar-refractivity contribution in [1.82, 2.24) is 0 Å². The molecule has 0 saturated carbocycles. The molecule has 0 fully saturated rings. The van der Waals surface area contributed by atoms with Gasteiger partial charge >= 0.3 is 6.18 Å². The van der Waals surface area contributed by atoms with Crippen LogP contribution in [0.5, 0.6) is 0 Å². The number of hydrogen-bond donors (Lipinski definition) is 1. The third kappa shape index (κ3) is 16.7. The molecule has 1 rings (SSSR count). The van der Waals surface area contributed by atoms with E-state index in [9.17, 15) is 13.2 Å². The van der Waals surface area contributed by atoms with Crippen molar-refractivity contribution in [3.63, 3.8) is 0 Å². The number of nitrogens with two attached hydrogens (primary N) is 1. The van der Waals surface area contributed by atoms with E-state index in [-0.39, 0.29) is 6.42 Å². The van der Waals surface area contributed by atoms with Gasteiger partial charge in [0.25, 0.3) is 0 Å². The van der Waals surface area contributed by atoms with E-state index in [0.717, 1.165) is 32.2 Å². The maximum absolute atomic E-state index is 12.1. The fraction of sp³-hybridized carbons (Fsp3) is 0.769. The van der Waals surface area contributed by atoms with Crippen LogP contribution in [0.1, 0.15) is 114 Å². The Balaban J connectivity index is 1.95. The Bertz CT molecular complexity index is 496. The smallest absolute Gasteiger partial charge is 0.330 e. The van der Waals surface area contributed by atoms with E-state index in [1.807, 2.05) is 0 Å². The molecular weight excluding hydrogens is 383 g/mol. The van der Waals surface area contributed by atoms with Crippen LogP contribution in [-0.2, 0) is 12.8 Å². The summed E-state index contributed by atoms with van der Waals surface area (Å²) in [5.41, 5.74) is 8.36. The third-order valence-corrected chi connectivity index (χ3v) is 5.87. The maximum Gasteiger partial charge on any atom is 0.389 e. The zero-order valence-electron chi connectivity index (χ0n) is 19.0. The van der Waals surface area contributed by atoms with Crippen molar-refractivity contribution in [1.29, 1.82) is 0 Å². The number of halogens is 3. The van der Waals surface area contributed by atoms with Crippen LogP contribution < -0.4 is 5.73 Å².